The summed E-state index contributed by atoms with van der Waals surface area (Å²) in [6.45, 7) is 2.22. The Morgan fingerprint density at radius 2 is 2.14 bits per heavy atom. The van der Waals surface area contributed by atoms with Crippen LogP contribution in [0.1, 0.15) is 26.2 Å². The minimum atomic E-state index is 1.26. The minimum Gasteiger partial charge on any atom is -0.0836 e. The quantitative estimate of drug-likeness (QED) is 0.603. The van der Waals surface area contributed by atoms with Gasteiger partial charge in [0.1, 0.15) is 0 Å². The van der Waals surface area contributed by atoms with Crippen LogP contribution in [0.5, 0.6) is 0 Å². The van der Waals surface area contributed by atoms with Crippen molar-refractivity contribution in [2.24, 2.45) is 0 Å². The van der Waals surface area contributed by atoms with Gasteiger partial charge in [0.2, 0.25) is 0 Å². The van der Waals surface area contributed by atoms with Crippen molar-refractivity contribution in [3.05, 3.63) is 0 Å². The molecule has 0 amide bonds. The Morgan fingerprint density at radius 1 is 1.43 bits per heavy atom. The second-order valence-electron chi connectivity index (χ2n) is 1.52. The predicted molar refractivity (Wildman–Crippen MR) is 40.9 cm³/mol. The third-order valence-corrected chi connectivity index (χ3v) is 2.24. The second-order valence-corrected chi connectivity index (χ2v) is 3.52. The molecular formula is C5H11BrS. The smallest absolute Gasteiger partial charge is 0.00425 e. The van der Waals surface area contributed by atoms with Crippen LogP contribution < -0.4 is 0 Å². The maximum atomic E-state index is 3.30. The summed E-state index contributed by atoms with van der Waals surface area (Å²) < 4.78 is 0. The third kappa shape index (κ3) is 6.83. The fourth-order valence-corrected chi connectivity index (χ4v) is 1.41. The van der Waals surface area contributed by atoms with E-state index in [1.54, 1.807) is 10.2 Å². The van der Waals surface area contributed by atoms with Gasteiger partial charge in [-0.05, 0) is 21.2 Å². The van der Waals surface area contributed by atoms with Crippen LogP contribution in [0.15, 0.2) is 0 Å². The zero-order valence-corrected chi connectivity index (χ0v) is 7.02. The first-order valence-electron chi connectivity index (χ1n) is 2.65. The van der Waals surface area contributed by atoms with E-state index in [4.69, 9.17) is 0 Å². The molecule has 0 fully saturated rings. The average Bonchev–Trinajstić information content (AvgIpc) is 1.69. The van der Waals surface area contributed by atoms with Crippen molar-refractivity contribution < 1.29 is 0 Å². The van der Waals surface area contributed by atoms with E-state index >= 15 is 0 Å². The Morgan fingerprint density at radius 3 is 2.57 bits per heavy atom. The van der Waals surface area contributed by atoms with Crippen LogP contribution in [0.4, 0.5) is 0 Å². The molecule has 0 rings (SSSR count). The van der Waals surface area contributed by atoms with E-state index in [1.807, 2.05) is 0 Å². The van der Waals surface area contributed by atoms with Crippen molar-refractivity contribution in [3.63, 3.8) is 0 Å². The Kier molecular flexibility index (Phi) is 7.64. The van der Waals surface area contributed by atoms with Gasteiger partial charge in [0.15, 0.2) is 0 Å². The van der Waals surface area contributed by atoms with Crippen molar-refractivity contribution in [1.29, 1.82) is 0 Å². The Labute approximate surface area is 57.3 Å². The highest BCUT2D eigenvalue weighted by Crippen LogP contribution is 2.12. The summed E-state index contributed by atoms with van der Waals surface area (Å²) in [5, 5.41) is 0. The predicted octanol–water partition coefficient (Wildman–Crippen LogP) is 3.22. The molecule has 44 valence electrons. The maximum absolute atomic E-state index is 3.30. The van der Waals surface area contributed by atoms with E-state index in [0.29, 0.717) is 0 Å². The minimum absolute atomic E-state index is 1.26. The van der Waals surface area contributed by atoms with E-state index in [9.17, 15) is 0 Å². The van der Waals surface area contributed by atoms with Crippen molar-refractivity contribution >= 4 is 25.0 Å². The molecule has 0 aliphatic carbocycles. The normalized spacial score (nSPS) is 9.43. The van der Waals surface area contributed by atoms with Gasteiger partial charge >= 0.3 is 0 Å². The van der Waals surface area contributed by atoms with Gasteiger partial charge in [-0.2, -0.15) is 0 Å². The SMILES string of the molecule is CCCCCSBr. The highest BCUT2D eigenvalue weighted by molar-refractivity contribution is 9.50. The summed E-state index contributed by atoms with van der Waals surface area (Å²) >= 11 is 3.30. The highest BCUT2D eigenvalue weighted by Gasteiger charge is 1.81. The number of halogens is 1. The molecule has 0 aromatic heterocycles. The van der Waals surface area contributed by atoms with E-state index < -0.39 is 0 Å². The Balaban J connectivity index is 2.45. The first-order valence-corrected chi connectivity index (χ1v) is 5.48. The summed E-state index contributed by atoms with van der Waals surface area (Å²) in [4.78, 5) is 0. The standard InChI is InChI=1S/C5H11BrS/c1-2-3-4-5-7-6/h2-5H2,1H3. The number of unbranched alkanes of at least 4 members (excludes halogenated alkanes) is 2. The summed E-state index contributed by atoms with van der Waals surface area (Å²) in [7, 11) is 1.75. The lowest BCUT2D eigenvalue weighted by atomic mass is 10.3. The molecule has 0 atom stereocenters. The van der Waals surface area contributed by atoms with Crippen molar-refractivity contribution in [2.45, 2.75) is 26.2 Å². The Bertz CT molecular complexity index is 27.3. The molecule has 0 N–H and O–H groups in total. The van der Waals surface area contributed by atoms with E-state index in [0.717, 1.165) is 0 Å². The summed E-state index contributed by atoms with van der Waals surface area (Å²) in [6, 6.07) is 0. The molecule has 0 nitrogen and oxygen atoms in total. The molecule has 0 heterocycles. The number of rotatable bonds is 4. The van der Waals surface area contributed by atoms with Crippen LogP contribution in [-0.4, -0.2) is 5.75 Å². The molecule has 0 aromatic rings. The van der Waals surface area contributed by atoms with Crippen molar-refractivity contribution in [2.75, 3.05) is 5.75 Å². The highest BCUT2D eigenvalue weighted by atomic mass is 79.9. The van der Waals surface area contributed by atoms with Crippen LogP contribution in [-0.2, 0) is 0 Å². The Hall–Kier alpha value is 0.830. The molecule has 0 aliphatic rings. The van der Waals surface area contributed by atoms with Crippen molar-refractivity contribution in [3.8, 4) is 0 Å². The number of hydrogen-bond donors (Lipinski definition) is 0. The largest absolute Gasteiger partial charge is 0.0836 e. The molecular weight excluding hydrogens is 172 g/mol. The molecule has 0 spiro atoms. The number of hydrogen-bond acceptors (Lipinski definition) is 1. The van der Waals surface area contributed by atoms with Gasteiger partial charge in [0.05, 0.1) is 0 Å². The fourth-order valence-electron chi connectivity index (χ4n) is 0.407. The van der Waals surface area contributed by atoms with Crippen LogP contribution in [0, 0.1) is 0 Å². The molecule has 0 saturated heterocycles. The van der Waals surface area contributed by atoms with E-state index in [2.05, 4.69) is 21.7 Å². The lowest BCUT2D eigenvalue weighted by Crippen LogP contribution is -1.73. The lowest BCUT2D eigenvalue weighted by Gasteiger charge is -1.89. The zero-order valence-electron chi connectivity index (χ0n) is 4.61. The van der Waals surface area contributed by atoms with Gasteiger partial charge in [0, 0.05) is 5.75 Å². The maximum Gasteiger partial charge on any atom is 0.00425 e. The van der Waals surface area contributed by atoms with Crippen LogP contribution in [0.25, 0.3) is 0 Å². The first-order chi connectivity index (χ1) is 3.41. The van der Waals surface area contributed by atoms with Crippen LogP contribution >= 0.6 is 25.0 Å². The van der Waals surface area contributed by atoms with Gasteiger partial charge in [0.25, 0.3) is 0 Å². The molecule has 0 aromatic carbocycles. The van der Waals surface area contributed by atoms with Gasteiger partial charge in [-0.1, -0.05) is 30.0 Å². The third-order valence-electron chi connectivity index (χ3n) is 0.825. The molecule has 0 aliphatic heterocycles. The topological polar surface area (TPSA) is 0 Å². The van der Waals surface area contributed by atoms with Crippen molar-refractivity contribution in [1.82, 2.24) is 0 Å². The monoisotopic (exact) mass is 182 g/mol. The van der Waals surface area contributed by atoms with Crippen LogP contribution in [0.3, 0.4) is 0 Å². The van der Waals surface area contributed by atoms with Gasteiger partial charge in [-0.25, -0.2) is 0 Å². The zero-order chi connectivity index (χ0) is 5.54. The first kappa shape index (κ1) is 7.83. The average molecular weight is 183 g/mol. The summed E-state index contributed by atoms with van der Waals surface area (Å²) in [5.74, 6) is 1.26. The van der Waals surface area contributed by atoms with Gasteiger partial charge < -0.3 is 0 Å². The van der Waals surface area contributed by atoms with Crippen LogP contribution in [0.2, 0.25) is 0 Å². The molecule has 0 radical (unpaired) electrons. The fraction of sp³-hybridized carbons (Fsp3) is 1.00. The van der Waals surface area contributed by atoms with Gasteiger partial charge in [-0.15, -0.1) is 0 Å². The molecule has 0 unspecified atom stereocenters. The van der Waals surface area contributed by atoms with E-state index in [-0.39, 0.29) is 0 Å². The lowest BCUT2D eigenvalue weighted by molar-refractivity contribution is 0.780. The molecule has 2 heteroatoms. The summed E-state index contributed by atoms with van der Waals surface area (Å²) in [6.07, 6.45) is 4.05. The van der Waals surface area contributed by atoms with Gasteiger partial charge in [-0.3, -0.25) is 0 Å². The van der Waals surface area contributed by atoms with E-state index in [1.165, 1.54) is 25.0 Å². The molecule has 7 heavy (non-hydrogen) atoms. The second kappa shape index (κ2) is 6.83. The summed E-state index contributed by atoms with van der Waals surface area (Å²) in [5.41, 5.74) is 0. The molecule has 0 saturated carbocycles. The molecule has 0 bridgehead atoms.